The number of carbonyl (C=O) groups is 1. The number of Topliss-reactive ketones (excluding diaryl/α,β-unsaturated/α-hetero) is 1. The number of nitrogens with zero attached hydrogens (tertiary/aromatic N) is 1. The first-order chi connectivity index (χ1) is 6.68. The summed E-state index contributed by atoms with van der Waals surface area (Å²) in [6, 6.07) is 3.68. The molecule has 0 aliphatic rings. The number of hydrogen-bond donors (Lipinski definition) is 0. The second kappa shape index (κ2) is 5.50. The predicted molar refractivity (Wildman–Crippen MR) is 54.0 cm³/mol. The number of aromatic nitrogens is 1. The van der Waals surface area contributed by atoms with E-state index in [1.807, 2.05) is 26.0 Å². The topological polar surface area (TPSA) is 39.2 Å². The van der Waals surface area contributed by atoms with Crippen LogP contribution in [0.1, 0.15) is 19.4 Å². The molecule has 0 atom stereocenters. The van der Waals surface area contributed by atoms with Crippen LogP contribution >= 0.6 is 0 Å². The number of rotatable bonds is 5. The highest BCUT2D eigenvalue weighted by molar-refractivity contribution is 5.81. The largest absolute Gasteiger partial charge is 0.371 e. The molecular formula is C11H15NO2. The van der Waals surface area contributed by atoms with Gasteiger partial charge in [-0.05, 0) is 31.5 Å². The first kappa shape index (κ1) is 10.9. The van der Waals surface area contributed by atoms with Crippen molar-refractivity contribution in [2.24, 2.45) is 0 Å². The summed E-state index contributed by atoms with van der Waals surface area (Å²) in [6.45, 7) is 4.03. The van der Waals surface area contributed by atoms with Gasteiger partial charge < -0.3 is 4.74 Å². The maximum absolute atomic E-state index is 11.4. The van der Waals surface area contributed by atoms with Gasteiger partial charge >= 0.3 is 0 Å². The molecule has 1 rings (SSSR count). The standard InChI is InChI=1S/C11H15NO2/c1-9(2)14-8-11(13)7-10-3-5-12-6-4-10/h3-6,9H,7-8H2,1-2H3. The van der Waals surface area contributed by atoms with Crippen LogP contribution in [0.3, 0.4) is 0 Å². The molecule has 0 bridgehead atoms. The highest BCUT2D eigenvalue weighted by Gasteiger charge is 2.04. The summed E-state index contributed by atoms with van der Waals surface area (Å²) in [5.74, 6) is 0.102. The minimum atomic E-state index is 0.102. The third-order valence-electron chi connectivity index (χ3n) is 1.73. The lowest BCUT2D eigenvalue weighted by atomic mass is 10.1. The molecule has 1 aromatic rings. The number of ether oxygens (including phenoxy) is 1. The summed E-state index contributed by atoms with van der Waals surface area (Å²) in [5, 5.41) is 0. The van der Waals surface area contributed by atoms with E-state index in [4.69, 9.17) is 4.74 Å². The summed E-state index contributed by atoms with van der Waals surface area (Å²) >= 11 is 0. The normalized spacial score (nSPS) is 10.5. The van der Waals surface area contributed by atoms with Gasteiger partial charge in [-0.15, -0.1) is 0 Å². The van der Waals surface area contributed by atoms with E-state index >= 15 is 0 Å². The molecule has 0 saturated heterocycles. The van der Waals surface area contributed by atoms with E-state index in [-0.39, 0.29) is 18.5 Å². The zero-order valence-corrected chi connectivity index (χ0v) is 8.56. The fourth-order valence-electron chi connectivity index (χ4n) is 1.04. The zero-order chi connectivity index (χ0) is 10.4. The molecule has 0 saturated carbocycles. The lowest BCUT2D eigenvalue weighted by Crippen LogP contribution is -2.15. The average Bonchev–Trinajstić information content (AvgIpc) is 2.16. The van der Waals surface area contributed by atoms with Gasteiger partial charge in [0.2, 0.25) is 0 Å². The van der Waals surface area contributed by atoms with Crippen LogP contribution in [-0.4, -0.2) is 23.5 Å². The minimum absolute atomic E-state index is 0.102. The molecule has 14 heavy (non-hydrogen) atoms. The van der Waals surface area contributed by atoms with Gasteiger partial charge in [-0.1, -0.05) is 0 Å². The van der Waals surface area contributed by atoms with Crippen molar-refractivity contribution in [3.63, 3.8) is 0 Å². The zero-order valence-electron chi connectivity index (χ0n) is 8.56. The van der Waals surface area contributed by atoms with Crippen LogP contribution in [0.5, 0.6) is 0 Å². The molecule has 0 aliphatic heterocycles. The van der Waals surface area contributed by atoms with Gasteiger partial charge in [-0.25, -0.2) is 0 Å². The Labute approximate surface area is 84.1 Å². The lowest BCUT2D eigenvalue weighted by molar-refractivity contribution is -0.124. The Bertz CT molecular complexity index is 283. The second-order valence-corrected chi connectivity index (χ2v) is 3.43. The van der Waals surface area contributed by atoms with Crippen molar-refractivity contribution in [3.05, 3.63) is 30.1 Å². The number of ketones is 1. The van der Waals surface area contributed by atoms with E-state index in [9.17, 15) is 4.79 Å². The fraction of sp³-hybridized carbons (Fsp3) is 0.455. The van der Waals surface area contributed by atoms with E-state index in [2.05, 4.69) is 4.98 Å². The molecule has 1 aromatic heterocycles. The van der Waals surface area contributed by atoms with E-state index in [0.717, 1.165) is 5.56 Å². The third-order valence-corrected chi connectivity index (χ3v) is 1.73. The van der Waals surface area contributed by atoms with Crippen LogP contribution in [0, 0.1) is 0 Å². The van der Waals surface area contributed by atoms with Crippen LogP contribution in [0.4, 0.5) is 0 Å². The maximum Gasteiger partial charge on any atom is 0.162 e. The molecular weight excluding hydrogens is 178 g/mol. The van der Waals surface area contributed by atoms with Gasteiger partial charge in [-0.2, -0.15) is 0 Å². The molecule has 3 heteroatoms. The SMILES string of the molecule is CC(C)OCC(=O)Cc1ccncc1. The van der Waals surface area contributed by atoms with Crippen molar-refractivity contribution < 1.29 is 9.53 Å². The molecule has 1 heterocycles. The van der Waals surface area contributed by atoms with E-state index in [1.165, 1.54) is 0 Å². The van der Waals surface area contributed by atoms with Gasteiger partial charge in [0, 0.05) is 18.8 Å². The monoisotopic (exact) mass is 193 g/mol. The summed E-state index contributed by atoms with van der Waals surface area (Å²) in [4.78, 5) is 15.3. The quantitative estimate of drug-likeness (QED) is 0.713. The maximum atomic E-state index is 11.4. The van der Waals surface area contributed by atoms with Crippen molar-refractivity contribution in [1.29, 1.82) is 0 Å². The Morgan fingerprint density at radius 2 is 2.07 bits per heavy atom. The highest BCUT2D eigenvalue weighted by Crippen LogP contribution is 1.99. The third kappa shape index (κ3) is 4.14. The van der Waals surface area contributed by atoms with Crippen LogP contribution in [0.2, 0.25) is 0 Å². The lowest BCUT2D eigenvalue weighted by Gasteiger charge is -2.06. The molecule has 3 nitrogen and oxygen atoms in total. The van der Waals surface area contributed by atoms with E-state index < -0.39 is 0 Å². The summed E-state index contributed by atoms with van der Waals surface area (Å²) < 4.78 is 5.21. The molecule has 0 amide bonds. The van der Waals surface area contributed by atoms with Crippen LogP contribution in [-0.2, 0) is 16.0 Å². The molecule has 0 N–H and O–H groups in total. The second-order valence-electron chi connectivity index (χ2n) is 3.43. The van der Waals surface area contributed by atoms with Gasteiger partial charge in [0.1, 0.15) is 6.61 Å². The molecule has 0 spiro atoms. The first-order valence-electron chi connectivity index (χ1n) is 4.70. The molecule has 0 radical (unpaired) electrons. The highest BCUT2D eigenvalue weighted by atomic mass is 16.5. The summed E-state index contributed by atoms with van der Waals surface area (Å²) in [5.41, 5.74) is 0.984. The summed E-state index contributed by atoms with van der Waals surface area (Å²) in [6.07, 6.45) is 3.91. The minimum Gasteiger partial charge on any atom is -0.371 e. The molecule has 76 valence electrons. The smallest absolute Gasteiger partial charge is 0.162 e. The van der Waals surface area contributed by atoms with Gasteiger partial charge in [0.15, 0.2) is 5.78 Å². The Hall–Kier alpha value is -1.22. The van der Waals surface area contributed by atoms with Crippen LogP contribution in [0.15, 0.2) is 24.5 Å². The fourth-order valence-corrected chi connectivity index (χ4v) is 1.04. The Kier molecular flexibility index (Phi) is 4.26. The molecule has 0 fully saturated rings. The van der Waals surface area contributed by atoms with Gasteiger partial charge in [0.25, 0.3) is 0 Å². The van der Waals surface area contributed by atoms with Crippen molar-refractivity contribution in [2.45, 2.75) is 26.4 Å². The average molecular weight is 193 g/mol. The molecule has 0 aromatic carbocycles. The van der Waals surface area contributed by atoms with Crippen molar-refractivity contribution in [3.8, 4) is 0 Å². The number of hydrogen-bond acceptors (Lipinski definition) is 3. The van der Waals surface area contributed by atoms with Crippen molar-refractivity contribution in [1.82, 2.24) is 4.98 Å². The first-order valence-corrected chi connectivity index (χ1v) is 4.70. The van der Waals surface area contributed by atoms with Crippen LogP contribution in [0.25, 0.3) is 0 Å². The Morgan fingerprint density at radius 3 is 2.64 bits per heavy atom. The van der Waals surface area contributed by atoms with Crippen molar-refractivity contribution in [2.75, 3.05) is 6.61 Å². The van der Waals surface area contributed by atoms with Gasteiger partial charge in [-0.3, -0.25) is 9.78 Å². The molecule has 0 unspecified atom stereocenters. The van der Waals surface area contributed by atoms with E-state index in [1.54, 1.807) is 12.4 Å². The number of pyridine rings is 1. The van der Waals surface area contributed by atoms with E-state index in [0.29, 0.717) is 6.42 Å². The Balaban J connectivity index is 2.35. The summed E-state index contributed by atoms with van der Waals surface area (Å²) in [7, 11) is 0. The Morgan fingerprint density at radius 1 is 1.43 bits per heavy atom. The van der Waals surface area contributed by atoms with Gasteiger partial charge in [0.05, 0.1) is 6.10 Å². The predicted octanol–water partition coefficient (Wildman–Crippen LogP) is 1.62. The number of carbonyl (C=O) groups excluding carboxylic acids is 1. The van der Waals surface area contributed by atoms with Crippen LogP contribution < -0.4 is 0 Å². The van der Waals surface area contributed by atoms with Crippen molar-refractivity contribution >= 4 is 5.78 Å². The molecule has 0 aliphatic carbocycles.